The maximum Gasteiger partial charge on any atom is 0.339 e. The molecule has 2 heterocycles. The van der Waals surface area contributed by atoms with Crippen LogP contribution in [0.25, 0.3) is 11.3 Å². The van der Waals surface area contributed by atoms with Gasteiger partial charge >= 0.3 is 5.97 Å². The minimum absolute atomic E-state index is 0.273. The number of anilines is 1. The number of H-pyrrole nitrogens is 1. The van der Waals surface area contributed by atoms with E-state index in [1.165, 1.54) is 19.2 Å². The fourth-order valence-electron chi connectivity index (χ4n) is 3.93. The Hall–Kier alpha value is -4.20. The normalized spacial score (nSPS) is 10.8. The Balaban J connectivity index is 1.74. The van der Waals surface area contributed by atoms with Crippen LogP contribution in [0.15, 0.2) is 60.9 Å². The van der Waals surface area contributed by atoms with Crippen molar-refractivity contribution >= 4 is 17.7 Å². The highest BCUT2D eigenvalue weighted by molar-refractivity contribution is 6.07. The van der Waals surface area contributed by atoms with Crippen molar-refractivity contribution in [2.24, 2.45) is 0 Å². The van der Waals surface area contributed by atoms with Crippen LogP contribution in [0.3, 0.4) is 0 Å². The number of imidazole rings is 1. The zero-order valence-electron chi connectivity index (χ0n) is 19.2. The first kappa shape index (κ1) is 23.0. The molecule has 0 atom stereocenters. The number of nitrogens with zero attached hydrogens (tertiary/aromatic N) is 2. The number of ether oxygens (including phenoxy) is 1. The van der Waals surface area contributed by atoms with Crippen LogP contribution in [0.1, 0.15) is 44.6 Å². The molecule has 0 saturated heterocycles. The fraction of sp³-hybridized carbons (Fsp3) is 0.192. The Morgan fingerprint density at radius 1 is 1.12 bits per heavy atom. The number of nitrogens with one attached hydrogen (secondary N) is 2. The van der Waals surface area contributed by atoms with E-state index in [0.29, 0.717) is 46.9 Å². The van der Waals surface area contributed by atoms with E-state index < -0.39 is 11.9 Å². The van der Waals surface area contributed by atoms with Gasteiger partial charge in [0.25, 0.3) is 5.91 Å². The molecule has 0 radical (unpaired) electrons. The number of rotatable bonds is 7. The number of carbonyl (C=O) groups excluding carboxylic acids is 2. The maximum atomic E-state index is 13.5. The van der Waals surface area contributed by atoms with E-state index in [4.69, 9.17) is 4.74 Å². The molecule has 34 heavy (non-hydrogen) atoms. The molecular formula is C26H25FN4O3. The van der Waals surface area contributed by atoms with Gasteiger partial charge in [0.15, 0.2) is 0 Å². The number of aromatic amines is 1. The van der Waals surface area contributed by atoms with Crippen molar-refractivity contribution in [2.75, 3.05) is 12.4 Å². The van der Waals surface area contributed by atoms with Crippen molar-refractivity contribution in [3.63, 3.8) is 0 Å². The van der Waals surface area contributed by atoms with Crippen LogP contribution in [0.5, 0.6) is 0 Å². The smallest absolute Gasteiger partial charge is 0.339 e. The molecule has 0 spiro atoms. The van der Waals surface area contributed by atoms with Crippen LogP contribution in [0.2, 0.25) is 0 Å². The summed E-state index contributed by atoms with van der Waals surface area (Å²) in [6, 6.07) is 15.7. The summed E-state index contributed by atoms with van der Waals surface area (Å²) in [7, 11) is 1.31. The summed E-state index contributed by atoms with van der Waals surface area (Å²) in [6.07, 6.45) is 2.17. The van der Waals surface area contributed by atoms with Crippen molar-refractivity contribution < 1.29 is 18.7 Å². The van der Waals surface area contributed by atoms with E-state index in [1.54, 1.807) is 25.4 Å². The molecule has 7 nitrogen and oxygen atoms in total. The highest BCUT2D eigenvalue weighted by Crippen LogP contribution is 2.29. The molecule has 0 fully saturated rings. The van der Waals surface area contributed by atoms with Gasteiger partial charge in [-0.15, -0.1) is 0 Å². The summed E-state index contributed by atoms with van der Waals surface area (Å²) in [5.41, 5.74) is 3.98. The third-order valence-electron chi connectivity index (χ3n) is 5.68. The molecule has 0 aliphatic carbocycles. The average Bonchev–Trinajstić information content (AvgIpc) is 3.40. The molecule has 4 aromatic rings. The van der Waals surface area contributed by atoms with Crippen LogP contribution < -0.4 is 5.32 Å². The number of methoxy groups -OCH3 is 1. The Bertz CT molecular complexity index is 1320. The van der Waals surface area contributed by atoms with Gasteiger partial charge in [-0.2, -0.15) is 0 Å². The van der Waals surface area contributed by atoms with E-state index in [9.17, 15) is 14.0 Å². The van der Waals surface area contributed by atoms with E-state index in [1.807, 2.05) is 41.8 Å². The second-order valence-corrected chi connectivity index (χ2v) is 7.84. The number of benzene rings is 2. The quantitative estimate of drug-likeness (QED) is 0.381. The van der Waals surface area contributed by atoms with E-state index in [0.717, 1.165) is 5.56 Å². The number of amides is 1. The van der Waals surface area contributed by atoms with Crippen molar-refractivity contribution in [1.82, 2.24) is 14.5 Å². The molecule has 0 aliphatic rings. The Kier molecular flexibility index (Phi) is 6.58. The molecule has 2 aromatic carbocycles. The van der Waals surface area contributed by atoms with Gasteiger partial charge in [0, 0.05) is 11.3 Å². The summed E-state index contributed by atoms with van der Waals surface area (Å²) >= 11 is 0. The summed E-state index contributed by atoms with van der Waals surface area (Å²) in [5.74, 6) is -0.805. The van der Waals surface area contributed by atoms with Gasteiger partial charge < -0.3 is 19.6 Å². The second-order valence-electron chi connectivity index (χ2n) is 7.84. The molecule has 0 aliphatic heterocycles. The zero-order valence-corrected chi connectivity index (χ0v) is 19.2. The first-order valence-electron chi connectivity index (χ1n) is 10.9. The largest absolute Gasteiger partial charge is 0.465 e. The third-order valence-corrected chi connectivity index (χ3v) is 5.68. The second kappa shape index (κ2) is 9.74. The monoisotopic (exact) mass is 460 g/mol. The molecule has 2 N–H and O–H groups in total. The van der Waals surface area contributed by atoms with Crippen LogP contribution in [0.4, 0.5) is 10.2 Å². The Labute approximate surface area is 196 Å². The van der Waals surface area contributed by atoms with Crippen LogP contribution in [0, 0.1) is 12.7 Å². The SMILES string of the molecule is CCc1[nH]c(C(=O)Nc2c(-c3ccc(F)cc3)ncn2Cc2ccccc2)c(C)c1C(=O)OC. The summed E-state index contributed by atoms with van der Waals surface area (Å²) < 4.78 is 20.2. The predicted molar refractivity (Wildman–Crippen MR) is 127 cm³/mol. The van der Waals surface area contributed by atoms with E-state index in [2.05, 4.69) is 15.3 Å². The van der Waals surface area contributed by atoms with Gasteiger partial charge in [0.1, 0.15) is 23.0 Å². The number of halogens is 1. The number of esters is 1. The van der Waals surface area contributed by atoms with Gasteiger partial charge in [0.2, 0.25) is 0 Å². The average molecular weight is 461 g/mol. The summed E-state index contributed by atoms with van der Waals surface area (Å²) in [6.45, 7) is 4.07. The molecule has 0 bridgehead atoms. The lowest BCUT2D eigenvalue weighted by molar-refractivity contribution is 0.0599. The fourth-order valence-corrected chi connectivity index (χ4v) is 3.93. The van der Waals surface area contributed by atoms with Crippen LogP contribution >= 0.6 is 0 Å². The van der Waals surface area contributed by atoms with Gasteiger partial charge in [-0.1, -0.05) is 37.3 Å². The first-order valence-corrected chi connectivity index (χ1v) is 10.9. The van der Waals surface area contributed by atoms with Gasteiger partial charge in [0.05, 0.1) is 25.5 Å². The molecule has 174 valence electrons. The van der Waals surface area contributed by atoms with Crippen molar-refractivity contribution in [3.05, 3.63) is 94.8 Å². The highest BCUT2D eigenvalue weighted by atomic mass is 19.1. The van der Waals surface area contributed by atoms with Crippen molar-refractivity contribution in [1.29, 1.82) is 0 Å². The molecule has 8 heteroatoms. The lowest BCUT2D eigenvalue weighted by Gasteiger charge is -2.12. The number of hydrogen-bond donors (Lipinski definition) is 2. The molecule has 0 saturated carbocycles. The zero-order chi connectivity index (χ0) is 24.2. The minimum atomic E-state index is -0.495. The van der Waals surface area contributed by atoms with Crippen LogP contribution in [-0.2, 0) is 17.7 Å². The van der Waals surface area contributed by atoms with Crippen LogP contribution in [-0.4, -0.2) is 33.5 Å². The number of aryl methyl sites for hydroxylation is 1. The molecule has 2 aromatic heterocycles. The lowest BCUT2D eigenvalue weighted by Crippen LogP contribution is -2.17. The summed E-state index contributed by atoms with van der Waals surface area (Å²) in [5, 5.41) is 2.96. The Morgan fingerprint density at radius 3 is 2.47 bits per heavy atom. The third kappa shape index (κ3) is 4.47. The topological polar surface area (TPSA) is 89.0 Å². The number of hydrogen-bond acceptors (Lipinski definition) is 4. The molecule has 4 rings (SSSR count). The van der Waals surface area contributed by atoms with Gasteiger partial charge in [-0.25, -0.2) is 14.2 Å². The highest BCUT2D eigenvalue weighted by Gasteiger charge is 2.25. The van der Waals surface area contributed by atoms with E-state index >= 15 is 0 Å². The standard InChI is InChI=1S/C26H25FN4O3/c1-4-20-21(26(33)34-3)16(2)22(29-20)25(32)30-24-23(18-10-12-19(27)13-11-18)28-15-31(24)14-17-8-6-5-7-9-17/h5-13,15,29H,4,14H2,1-3H3,(H,30,32). The Morgan fingerprint density at radius 2 is 1.82 bits per heavy atom. The van der Waals surface area contributed by atoms with Crippen molar-refractivity contribution in [2.45, 2.75) is 26.8 Å². The lowest BCUT2D eigenvalue weighted by atomic mass is 10.1. The maximum absolute atomic E-state index is 13.5. The molecule has 0 unspecified atom stereocenters. The molecular weight excluding hydrogens is 435 g/mol. The van der Waals surface area contributed by atoms with E-state index in [-0.39, 0.29) is 11.5 Å². The van der Waals surface area contributed by atoms with Crippen molar-refractivity contribution in [3.8, 4) is 11.3 Å². The van der Waals surface area contributed by atoms with Gasteiger partial charge in [-0.3, -0.25) is 4.79 Å². The number of carbonyl (C=O) groups is 2. The molecule has 1 amide bonds. The minimum Gasteiger partial charge on any atom is -0.465 e. The summed E-state index contributed by atoms with van der Waals surface area (Å²) in [4.78, 5) is 33.2. The number of aromatic nitrogens is 3. The van der Waals surface area contributed by atoms with Gasteiger partial charge in [-0.05, 0) is 48.7 Å². The predicted octanol–water partition coefficient (Wildman–Crippen LogP) is 4.98. The first-order chi connectivity index (χ1) is 16.4.